The fraction of sp³-hybridized carbons (Fsp3) is 0.500. The van der Waals surface area contributed by atoms with Crippen molar-refractivity contribution in [3.63, 3.8) is 0 Å². The fourth-order valence-corrected chi connectivity index (χ4v) is 1.69. The summed E-state index contributed by atoms with van der Waals surface area (Å²) in [6, 6.07) is 7.34. The normalized spacial score (nSPS) is 10.2. The van der Waals surface area contributed by atoms with Gasteiger partial charge in [-0.1, -0.05) is 6.92 Å². The molecule has 0 aliphatic heterocycles. The van der Waals surface area contributed by atoms with E-state index >= 15 is 0 Å². The van der Waals surface area contributed by atoms with Crippen molar-refractivity contribution in [2.24, 2.45) is 0 Å². The summed E-state index contributed by atoms with van der Waals surface area (Å²) in [7, 11) is 0. The van der Waals surface area contributed by atoms with Crippen LogP contribution in [0.15, 0.2) is 24.3 Å². The maximum absolute atomic E-state index is 11.4. The van der Waals surface area contributed by atoms with Gasteiger partial charge in [0.15, 0.2) is 5.78 Å². The zero-order chi connectivity index (χ0) is 12.5. The number of hydrogen-bond donors (Lipinski definition) is 0. The summed E-state index contributed by atoms with van der Waals surface area (Å²) < 4.78 is 5.57. The number of ketones is 1. The van der Waals surface area contributed by atoms with Crippen LogP contribution in [0.1, 0.15) is 43.0 Å². The molecule has 1 aromatic rings. The van der Waals surface area contributed by atoms with Crippen molar-refractivity contribution in [2.45, 2.75) is 32.6 Å². The van der Waals surface area contributed by atoms with Crippen LogP contribution in [0, 0.1) is 0 Å². The van der Waals surface area contributed by atoms with Gasteiger partial charge in [-0.05, 0) is 43.5 Å². The first-order chi connectivity index (χ1) is 8.27. The largest absolute Gasteiger partial charge is 0.494 e. The lowest BCUT2D eigenvalue weighted by atomic mass is 10.1. The van der Waals surface area contributed by atoms with Gasteiger partial charge in [-0.15, -0.1) is 11.6 Å². The van der Waals surface area contributed by atoms with Crippen LogP contribution in [-0.4, -0.2) is 18.3 Å². The minimum absolute atomic E-state index is 0.165. The van der Waals surface area contributed by atoms with Crippen LogP contribution < -0.4 is 4.74 Å². The van der Waals surface area contributed by atoms with Gasteiger partial charge in [0.2, 0.25) is 0 Å². The van der Waals surface area contributed by atoms with Gasteiger partial charge in [-0.2, -0.15) is 0 Å². The summed E-state index contributed by atoms with van der Waals surface area (Å²) in [4.78, 5) is 11.4. The molecule has 0 spiro atoms. The predicted molar refractivity (Wildman–Crippen MR) is 71.1 cm³/mol. The van der Waals surface area contributed by atoms with E-state index in [2.05, 4.69) is 0 Å². The molecule has 0 aliphatic carbocycles. The highest BCUT2D eigenvalue weighted by atomic mass is 35.5. The van der Waals surface area contributed by atoms with Gasteiger partial charge in [0.1, 0.15) is 5.75 Å². The zero-order valence-corrected chi connectivity index (χ0v) is 11.0. The van der Waals surface area contributed by atoms with E-state index in [4.69, 9.17) is 16.3 Å². The predicted octanol–water partition coefficient (Wildman–Crippen LogP) is 4.07. The van der Waals surface area contributed by atoms with Crippen LogP contribution in [0.4, 0.5) is 0 Å². The first-order valence-corrected chi connectivity index (χ1v) is 6.63. The molecule has 2 nitrogen and oxygen atoms in total. The molecular formula is C14H19ClO2. The lowest BCUT2D eigenvalue weighted by Gasteiger charge is -2.06. The molecule has 0 radical (unpaired) electrons. The molecule has 0 heterocycles. The van der Waals surface area contributed by atoms with E-state index in [1.54, 1.807) is 0 Å². The lowest BCUT2D eigenvalue weighted by molar-refractivity contribution is 0.0988. The molecule has 0 N–H and O–H groups in total. The van der Waals surface area contributed by atoms with Gasteiger partial charge in [0.05, 0.1) is 6.61 Å². The number of Topliss-reactive ketones (excluding diaryl/α,β-unsaturated/α-hetero) is 1. The second kappa shape index (κ2) is 8.13. The van der Waals surface area contributed by atoms with E-state index in [1.165, 1.54) is 0 Å². The van der Waals surface area contributed by atoms with Gasteiger partial charge < -0.3 is 4.74 Å². The monoisotopic (exact) mass is 254 g/mol. The minimum Gasteiger partial charge on any atom is -0.494 e. The van der Waals surface area contributed by atoms with Crippen LogP contribution in [0.5, 0.6) is 5.75 Å². The topological polar surface area (TPSA) is 26.3 Å². The number of hydrogen-bond acceptors (Lipinski definition) is 2. The highest BCUT2D eigenvalue weighted by molar-refractivity contribution is 6.17. The number of carbonyl (C=O) groups excluding carboxylic acids is 1. The van der Waals surface area contributed by atoms with Crippen LogP contribution >= 0.6 is 11.6 Å². The molecule has 17 heavy (non-hydrogen) atoms. The summed E-state index contributed by atoms with van der Waals surface area (Å²) in [5.74, 6) is 1.70. The van der Waals surface area contributed by atoms with Crippen molar-refractivity contribution in [3.8, 4) is 5.75 Å². The number of carbonyl (C=O) groups is 1. The average Bonchev–Trinajstić information content (AvgIpc) is 2.38. The van der Waals surface area contributed by atoms with E-state index in [0.717, 1.165) is 30.6 Å². The summed E-state index contributed by atoms with van der Waals surface area (Å²) in [6.45, 7) is 2.57. The summed E-state index contributed by atoms with van der Waals surface area (Å²) in [6.07, 6.45) is 3.69. The number of rotatable bonds is 8. The number of ether oxygens (including phenoxy) is 1. The summed E-state index contributed by atoms with van der Waals surface area (Å²) in [5.41, 5.74) is 0.752. The van der Waals surface area contributed by atoms with Crippen molar-refractivity contribution in [1.82, 2.24) is 0 Å². The average molecular weight is 255 g/mol. The Morgan fingerprint density at radius 2 is 1.88 bits per heavy atom. The lowest BCUT2D eigenvalue weighted by Crippen LogP contribution is -1.99. The molecule has 0 atom stereocenters. The van der Waals surface area contributed by atoms with Gasteiger partial charge >= 0.3 is 0 Å². The molecule has 0 unspecified atom stereocenters. The van der Waals surface area contributed by atoms with Crippen molar-refractivity contribution >= 4 is 17.4 Å². The summed E-state index contributed by atoms with van der Waals surface area (Å²) in [5, 5.41) is 0. The van der Waals surface area contributed by atoms with Crippen LogP contribution in [0.3, 0.4) is 0 Å². The third-order valence-electron chi connectivity index (χ3n) is 2.54. The van der Waals surface area contributed by atoms with Crippen molar-refractivity contribution in [2.75, 3.05) is 12.5 Å². The van der Waals surface area contributed by atoms with E-state index in [0.29, 0.717) is 18.9 Å². The molecule has 0 aliphatic rings. The third-order valence-corrected chi connectivity index (χ3v) is 2.81. The zero-order valence-electron chi connectivity index (χ0n) is 10.2. The fourth-order valence-electron chi connectivity index (χ4n) is 1.50. The number of unbranched alkanes of at least 4 members (excludes halogenated alkanes) is 2. The first kappa shape index (κ1) is 14.0. The van der Waals surface area contributed by atoms with Crippen LogP contribution in [0.25, 0.3) is 0 Å². The standard InChI is InChI=1S/C14H19ClO2/c1-2-14(16)12-6-8-13(9-7-12)17-11-5-3-4-10-15/h6-9H,2-5,10-11H2,1H3. The minimum atomic E-state index is 0.165. The Labute approximate surface area is 108 Å². The van der Waals surface area contributed by atoms with Crippen molar-refractivity contribution < 1.29 is 9.53 Å². The molecule has 1 aromatic carbocycles. The van der Waals surface area contributed by atoms with Gasteiger partial charge in [0.25, 0.3) is 0 Å². The van der Waals surface area contributed by atoms with E-state index in [-0.39, 0.29) is 5.78 Å². The Morgan fingerprint density at radius 3 is 2.47 bits per heavy atom. The molecular weight excluding hydrogens is 236 g/mol. The molecule has 3 heteroatoms. The van der Waals surface area contributed by atoms with Gasteiger partial charge in [-0.3, -0.25) is 4.79 Å². The van der Waals surface area contributed by atoms with E-state index in [9.17, 15) is 4.79 Å². The van der Waals surface area contributed by atoms with Crippen LogP contribution in [-0.2, 0) is 0 Å². The molecule has 1 rings (SSSR count). The number of alkyl halides is 1. The SMILES string of the molecule is CCC(=O)c1ccc(OCCCCCCl)cc1. The molecule has 0 amide bonds. The maximum Gasteiger partial charge on any atom is 0.162 e. The van der Waals surface area contributed by atoms with Crippen molar-refractivity contribution in [1.29, 1.82) is 0 Å². The Kier molecular flexibility index (Phi) is 6.71. The third kappa shape index (κ3) is 5.22. The van der Waals surface area contributed by atoms with E-state index in [1.807, 2.05) is 31.2 Å². The Bertz CT molecular complexity index is 333. The van der Waals surface area contributed by atoms with Gasteiger partial charge in [0, 0.05) is 17.9 Å². The molecule has 0 aromatic heterocycles. The smallest absolute Gasteiger partial charge is 0.162 e. The molecule has 0 saturated heterocycles. The highest BCUT2D eigenvalue weighted by Gasteiger charge is 2.02. The Hall–Kier alpha value is -1.02. The quantitative estimate of drug-likeness (QED) is 0.397. The highest BCUT2D eigenvalue weighted by Crippen LogP contribution is 2.14. The van der Waals surface area contributed by atoms with Crippen LogP contribution in [0.2, 0.25) is 0 Å². The molecule has 94 valence electrons. The van der Waals surface area contributed by atoms with Crippen molar-refractivity contribution in [3.05, 3.63) is 29.8 Å². The van der Waals surface area contributed by atoms with Gasteiger partial charge in [-0.25, -0.2) is 0 Å². The summed E-state index contributed by atoms with van der Waals surface area (Å²) >= 11 is 5.59. The number of benzene rings is 1. The van der Waals surface area contributed by atoms with E-state index < -0.39 is 0 Å². The number of halogens is 1. The molecule has 0 fully saturated rings. The Morgan fingerprint density at radius 1 is 1.18 bits per heavy atom. The second-order valence-corrected chi connectivity index (χ2v) is 4.28. The second-order valence-electron chi connectivity index (χ2n) is 3.90. The molecule has 0 saturated carbocycles. The first-order valence-electron chi connectivity index (χ1n) is 6.10. The maximum atomic E-state index is 11.4. The molecule has 0 bridgehead atoms. The Balaban J connectivity index is 2.33.